The van der Waals surface area contributed by atoms with Crippen LogP contribution in [0.4, 0.5) is 5.82 Å². The summed E-state index contributed by atoms with van der Waals surface area (Å²) in [5.74, 6) is 1.71. The van der Waals surface area contributed by atoms with Gasteiger partial charge < -0.3 is 15.4 Å². The molecule has 7 nitrogen and oxygen atoms in total. The van der Waals surface area contributed by atoms with Gasteiger partial charge in [-0.1, -0.05) is 33.1 Å². The number of carbonyl (C=O) groups excluding carboxylic acids is 1. The van der Waals surface area contributed by atoms with Gasteiger partial charge in [0.25, 0.3) is 5.91 Å². The molecule has 1 aromatic rings. The number of anilines is 1. The molecule has 0 unspecified atom stereocenters. The third-order valence-corrected chi connectivity index (χ3v) is 6.47. The molecule has 154 valence electrons. The first-order valence-electron chi connectivity index (χ1n) is 10.8. The van der Waals surface area contributed by atoms with E-state index in [4.69, 9.17) is 9.72 Å². The summed E-state index contributed by atoms with van der Waals surface area (Å²) in [4.78, 5) is 24.4. The summed E-state index contributed by atoms with van der Waals surface area (Å²) in [5, 5.41) is 6.60. The number of carbonyl (C=O) groups is 1. The van der Waals surface area contributed by atoms with Gasteiger partial charge in [0.05, 0.1) is 13.2 Å². The highest BCUT2D eigenvalue weighted by atomic mass is 16.5. The Bertz CT molecular complexity index is 709. The van der Waals surface area contributed by atoms with Crippen LogP contribution in [0.2, 0.25) is 0 Å². The number of nitrogens with one attached hydrogen (secondary N) is 2. The van der Waals surface area contributed by atoms with E-state index in [-0.39, 0.29) is 17.4 Å². The van der Waals surface area contributed by atoms with Crippen LogP contribution in [-0.2, 0) is 11.2 Å². The Morgan fingerprint density at radius 2 is 1.93 bits per heavy atom. The van der Waals surface area contributed by atoms with Crippen molar-refractivity contribution in [2.45, 2.75) is 63.8 Å². The summed E-state index contributed by atoms with van der Waals surface area (Å²) in [7, 11) is 0. The Kier molecular flexibility index (Phi) is 5.83. The molecule has 2 fully saturated rings. The summed E-state index contributed by atoms with van der Waals surface area (Å²) < 4.78 is 5.60. The SMILES string of the molecule is CC(C)c1nc(NCC2(N3CCOCC3)CCCCC2)c2c(n1)C(=O)NCC2. The number of aromatic nitrogens is 2. The van der Waals surface area contributed by atoms with Gasteiger partial charge in [0.15, 0.2) is 0 Å². The van der Waals surface area contributed by atoms with Crippen molar-refractivity contribution in [2.24, 2.45) is 0 Å². The van der Waals surface area contributed by atoms with Crippen LogP contribution in [0, 0.1) is 0 Å². The molecule has 2 aliphatic heterocycles. The highest BCUT2D eigenvalue weighted by Gasteiger charge is 2.39. The third-order valence-electron chi connectivity index (χ3n) is 6.47. The Labute approximate surface area is 167 Å². The summed E-state index contributed by atoms with van der Waals surface area (Å²) in [6, 6.07) is 0. The number of amides is 1. The van der Waals surface area contributed by atoms with E-state index in [9.17, 15) is 4.79 Å². The normalized spacial score (nSPS) is 22.6. The fourth-order valence-electron chi connectivity index (χ4n) is 4.82. The van der Waals surface area contributed by atoms with Crippen LogP contribution < -0.4 is 10.6 Å². The van der Waals surface area contributed by atoms with Crippen LogP contribution >= 0.6 is 0 Å². The van der Waals surface area contributed by atoms with E-state index in [2.05, 4.69) is 34.4 Å². The minimum Gasteiger partial charge on any atom is -0.379 e. The molecule has 28 heavy (non-hydrogen) atoms. The molecular weight excluding hydrogens is 354 g/mol. The van der Waals surface area contributed by atoms with Crippen molar-refractivity contribution < 1.29 is 9.53 Å². The molecule has 1 amide bonds. The molecule has 0 spiro atoms. The van der Waals surface area contributed by atoms with Gasteiger partial charge in [0, 0.05) is 43.2 Å². The molecule has 1 aliphatic carbocycles. The summed E-state index contributed by atoms with van der Waals surface area (Å²) in [5.41, 5.74) is 1.69. The molecule has 0 aromatic carbocycles. The topological polar surface area (TPSA) is 79.4 Å². The lowest BCUT2D eigenvalue weighted by Gasteiger charge is -2.48. The lowest BCUT2D eigenvalue weighted by Crippen LogP contribution is -2.58. The first kappa shape index (κ1) is 19.6. The number of fused-ring (bicyclic) bond motifs is 1. The summed E-state index contributed by atoms with van der Waals surface area (Å²) in [6.07, 6.45) is 7.09. The fraction of sp³-hybridized carbons (Fsp3) is 0.762. The monoisotopic (exact) mass is 387 g/mol. The van der Waals surface area contributed by atoms with E-state index in [0.29, 0.717) is 12.2 Å². The molecular formula is C21H33N5O2. The van der Waals surface area contributed by atoms with Gasteiger partial charge in [-0.25, -0.2) is 9.97 Å². The molecule has 1 aromatic heterocycles. The maximum atomic E-state index is 12.4. The van der Waals surface area contributed by atoms with Crippen LogP contribution in [0.5, 0.6) is 0 Å². The molecule has 0 radical (unpaired) electrons. The first-order valence-corrected chi connectivity index (χ1v) is 10.8. The van der Waals surface area contributed by atoms with Crippen molar-refractivity contribution in [2.75, 3.05) is 44.7 Å². The molecule has 3 heterocycles. The number of nitrogens with zero attached hydrogens (tertiary/aromatic N) is 3. The van der Waals surface area contributed by atoms with E-state index in [1.807, 2.05) is 0 Å². The van der Waals surface area contributed by atoms with Crippen molar-refractivity contribution in [3.8, 4) is 0 Å². The molecule has 1 saturated heterocycles. The highest BCUT2D eigenvalue weighted by Crippen LogP contribution is 2.35. The molecule has 0 bridgehead atoms. The second-order valence-electron chi connectivity index (χ2n) is 8.66. The van der Waals surface area contributed by atoms with E-state index < -0.39 is 0 Å². The average Bonchev–Trinajstić information content (AvgIpc) is 2.73. The van der Waals surface area contributed by atoms with Crippen molar-refractivity contribution >= 4 is 11.7 Å². The molecule has 3 aliphatic rings. The minimum atomic E-state index is -0.0749. The predicted octanol–water partition coefficient (Wildman–Crippen LogP) is 2.33. The predicted molar refractivity (Wildman–Crippen MR) is 109 cm³/mol. The quantitative estimate of drug-likeness (QED) is 0.807. The zero-order valence-corrected chi connectivity index (χ0v) is 17.2. The van der Waals surface area contributed by atoms with Gasteiger partial charge in [0.1, 0.15) is 17.3 Å². The largest absolute Gasteiger partial charge is 0.379 e. The minimum absolute atomic E-state index is 0.0749. The van der Waals surface area contributed by atoms with E-state index in [1.165, 1.54) is 32.1 Å². The molecule has 2 N–H and O–H groups in total. The van der Waals surface area contributed by atoms with Crippen molar-refractivity contribution in [1.29, 1.82) is 0 Å². The number of hydrogen-bond acceptors (Lipinski definition) is 6. The lowest BCUT2D eigenvalue weighted by molar-refractivity contribution is -0.0318. The Balaban J connectivity index is 1.61. The van der Waals surface area contributed by atoms with E-state index in [0.717, 1.165) is 56.5 Å². The van der Waals surface area contributed by atoms with E-state index >= 15 is 0 Å². The van der Waals surface area contributed by atoms with Gasteiger partial charge in [-0.15, -0.1) is 0 Å². The maximum Gasteiger partial charge on any atom is 0.270 e. The second-order valence-corrected chi connectivity index (χ2v) is 8.66. The van der Waals surface area contributed by atoms with Gasteiger partial charge in [-0.05, 0) is 19.3 Å². The van der Waals surface area contributed by atoms with Gasteiger partial charge in [-0.2, -0.15) is 0 Å². The zero-order valence-electron chi connectivity index (χ0n) is 17.2. The van der Waals surface area contributed by atoms with Crippen molar-refractivity contribution in [1.82, 2.24) is 20.2 Å². The van der Waals surface area contributed by atoms with Crippen LogP contribution in [-0.4, -0.2) is 65.7 Å². The number of ether oxygens (including phenoxy) is 1. The zero-order chi connectivity index (χ0) is 19.6. The molecule has 1 saturated carbocycles. The van der Waals surface area contributed by atoms with Crippen LogP contribution in [0.1, 0.15) is 73.7 Å². The maximum absolute atomic E-state index is 12.4. The van der Waals surface area contributed by atoms with E-state index in [1.54, 1.807) is 0 Å². The van der Waals surface area contributed by atoms with Gasteiger partial charge in [0.2, 0.25) is 0 Å². The number of rotatable bonds is 5. The number of morpholine rings is 1. The average molecular weight is 388 g/mol. The molecule has 4 rings (SSSR count). The standard InChI is InChI=1S/C21H33N5O2/c1-15(2)18-24-17-16(6-9-22-20(17)27)19(25-18)23-14-21(7-4-3-5-8-21)26-10-12-28-13-11-26/h15H,3-14H2,1-2H3,(H,22,27)(H,23,24,25). The lowest BCUT2D eigenvalue weighted by atomic mass is 9.79. The van der Waals surface area contributed by atoms with Crippen LogP contribution in [0.15, 0.2) is 0 Å². The second kappa shape index (κ2) is 8.33. The van der Waals surface area contributed by atoms with Crippen LogP contribution in [0.25, 0.3) is 0 Å². The first-order chi connectivity index (χ1) is 13.6. The third kappa shape index (κ3) is 3.87. The van der Waals surface area contributed by atoms with Gasteiger partial charge >= 0.3 is 0 Å². The Hall–Kier alpha value is -1.73. The number of hydrogen-bond donors (Lipinski definition) is 2. The highest BCUT2D eigenvalue weighted by molar-refractivity contribution is 5.96. The fourth-order valence-corrected chi connectivity index (χ4v) is 4.82. The molecule has 7 heteroatoms. The van der Waals surface area contributed by atoms with Crippen molar-refractivity contribution in [3.63, 3.8) is 0 Å². The smallest absolute Gasteiger partial charge is 0.270 e. The summed E-state index contributed by atoms with van der Waals surface area (Å²) in [6.45, 7) is 9.32. The summed E-state index contributed by atoms with van der Waals surface area (Å²) >= 11 is 0. The van der Waals surface area contributed by atoms with Crippen molar-refractivity contribution in [3.05, 3.63) is 17.1 Å². The Morgan fingerprint density at radius 3 is 2.64 bits per heavy atom. The Morgan fingerprint density at radius 1 is 1.18 bits per heavy atom. The molecule has 0 atom stereocenters. The van der Waals surface area contributed by atoms with Crippen LogP contribution in [0.3, 0.4) is 0 Å². The van der Waals surface area contributed by atoms with Gasteiger partial charge in [-0.3, -0.25) is 9.69 Å².